The number of piperazine rings is 1. The van der Waals surface area contributed by atoms with Gasteiger partial charge in [0.15, 0.2) is 5.16 Å². The van der Waals surface area contributed by atoms with Gasteiger partial charge in [0.2, 0.25) is 0 Å². The molecule has 0 spiro atoms. The number of aromatic nitrogens is 2. The lowest BCUT2D eigenvalue weighted by atomic mass is 10.1. The van der Waals surface area contributed by atoms with E-state index in [-0.39, 0.29) is 5.91 Å². The van der Waals surface area contributed by atoms with Crippen molar-refractivity contribution < 1.29 is 4.79 Å². The number of hydrogen-bond donors (Lipinski definition) is 1. The van der Waals surface area contributed by atoms with E-state index in [0.29, 0.717) is 11.8 Å². The lowest BCUT2D eigenvalue weighted by Gasteiger charge is -2.35. The standard InChI is InChI=1S/C27H31N5OS/c1-2-31-13-15-32(16-14-31)25-18-24(21-8-4-3-5-9-21)29-27(30-25)34-19-20-7-6-10-22(17-20)26(33)28-23-11-12-23/h3-10,17-18,23H,2,11-16,19H2,1H3,(H,28,33). The normalized spacial score (nSPS) is 16.4. The zero-order valence-electron chi connectivity index (χ0n) is 19.6. The summed E-state index contributed by atoms with van der Waals surface area (Å²) >= 11 is 1.62. The molecule has 5 rings (SSSR count). The van der Waals surface area contributed by atoms with Crippen molar-refractivity contribution in [2.45, 2.75) is 36.7 Å². The first-order valence-electron chi connectivity index (χ1n) is 12.1. The van der Waals surface area contributed by atoms with Gasteiger partial charge >= 0.3 is 0 Å². The zero-order valence-corrected chi connectivity index (χ0v) is 20.4. The zero-order chi connectivity index (χ0) is 23.3. The maximum atomic E-state index is 12.4. The van der Waals surface area contributed by atoms with Crippen LogP contribution in [0, 0.1) is 0 Å². The number of carbonyl (C=O) groups excluding carboxylic acids is 1. The first-order chi connectivity index (χ1) is 16.7. The minimum atomic E-state index is 0.0187. The molecule has 1 saturated carbocycles. The Balaban J connectivity index is 1.35. The summed E-state index contributed by atoms with van der Waals surface area (Å²) in [7, 11) is 0. The minimum Gasteiger partial charge on any atom is -0.354 e. The molecular formula is C27H31N5OS. The van der Waals surface area contributed by atoms with Gasteiger partial charge in [-0.3, -0.25) is 4.79 Å². The van der Waals surface area contributed by atoms with Gasteiger partial charge < -0.3 is 15.1 Å². The molecule has 1 aliphatic carbocycles. The third kappa shape index (κ3) is 5.77. The topological polar surface area (TPSA) is 61.4 Å². The van der Waals surface area contributed by atoms with Crippen LogP contribution in [-0.2, 0) is 5.75 Å². The fraction of sp³-hybridized carbons (Fsp3) is 0.370. The maximum absolute atomic E-state index is 12.4. The molecule has 34 heavy (non-hydrogen) atoms. The molecule has 1 aliphatic heterocycles. The summed E-state index contributed by atoms with van der Waals surface area (Å²) in [5.41, 5.74) is 3.86. The van der Waals surface area contributed by atoms with Crippen molar-refractivity contribution in [2.75, 3.05) is 37.6 Å². The molecule has 2 aromatic carbocycles. The van der Waals surface area contributed by atoms with Gasteiger partial charge in [-0.25, -0.2) is 9.97 Å². The average molecular weight is 474 g/mol. The van der Waals surface area contributed by atoms with Gasteiger partial charge in [0.25, 0.3) is 5.91 Å². The predicted octanol–water partition coefficient (Wildman–Crippen LogP) is 4.47. The number of hydrogen-bond acceptors (Lipinski definition) is 6. The summed E-state index contributed by atoms with van der Waals surface area (Å²) in [4.78, 5) is 27.1. The molecular weight excluding hydrogens is 442 g/mol. The Morgan fingerprint density at radius 2 is 1.79 bits per heavy atom. The van der Waals surface area contributed by atoms with Crippen LogP contribution in [0.2, 0.25) is 0 Å². The van der Waals surface area contributed by atoms with E-state index in [1.807, 2.05) is 36.4 Å². The number of amides is 1. The molecule has 7 heteroatoms. The second kappa shape index (κ2) is 10.6. The molecule has 2 aliphatic rings. The monoisotopic (exact) mass is 473 g/mol. The Labute approximate surface area is 205 Å². The predicted molar refractivity (Wildman–Crippen MR) is 138 cm³/mol. The van der Waals surface area contributed by atoms with Crippen LogP contribution >= 0.6 is 11.8 Å². The molecule has 2 fully saturated rings. The highest BCUT2D eigenvalue weighted by Crippen LogP contribution is 2.28. The van der Waals surface area contributed by atoms with E-state index >= 15 is 0 Å². The Bertz CT molecular complexity index is 1130. The summed E-state index contributed by atoms with van der Waals surface area (Å²) in [6.07, 6.45) is 2.18. The van der Waals surface area contributed by atoms with Crippen molar-refractivity contribution in [3.63, 3.8) is 0 Å². The van der Waals surface area contributed by atoms with Gasteiger partial charge in [-0.15, -0.1) is 0 Å². The third-order valence-electron chi connectivity index (χ3n) is 6.37. The molecule has 0 unspecified atom stereocenters. The summed E-state index contributed by atoms with van der Waals surface area (Å²) < 4.78 is 0. The number of anilines is 1. The van der Waals surface area contributed by atoms with Crippen LogP contribution in [-0.4, -0.2) is 59.5 Å². The van der Waals surface area contributed by atoms with E-state index in [1.165, 1.54) is 0 Å². The number of rotatable bonds is 8. The molecule has 2 heterocycles. The summed E-state index contributed by atoms with van der Waals surface area (Å²) in [5, 5.41) is 3.83. The van der Waals surface area contributed by atoms with Crippen molar-refractivity contribution >= 4 is 23.5 Å². The summed E-state index contributed by atoms with van der Waals surface area (Å²) in [6, 6.07) is 20.7. The first kappa shape index (κ1) is 22.9. The molecule has 1 saturated heterocycles. The van der Waals surface area contributed by atoms with Crippen molar-refractivity contribution in [1.82, 2.24) is 20.2 Å². The Hall–Kier alpha value is -2.90. The highest BCUT2D eigenvalue weighted by molar-refractivity contribution is 7.98. The van der Waals surface area contributed by atoms with Crippen molar-refractivity contribution in [2.24, 2.45) is 0 Å². The van der Waals surface area contributed by atoms with E-state index in [1.54, 1.807) is 11.8 Å². The highest BCUT2D eigenvalue weighted by atomic mass is 32.2. The molecule has 176 valence electrons. The van der Waals surface area contributed by atoms with Crippen LogP contribution in [0.1, 0.15) is 35.7 Å². The van der Waals surface area contributed by atoms with Gasteiger partial charge in [-0.1, -0.05) is 61.2 Å². The third-order valence-corrected chi connectivity index (χ3v) is 7.29. The lowest BCUT2D eigenvalue weighted by molar-refractivity contribution is 0.0951. The fourth-order valence-corrected chi connectivity index (χ4v) is 4.93. The SMILES string of the molecule is CCN1CCN(c2cc(-c3ccccc3)nc(SCc3cccc(C(=O)NC4CC4)c3)n2)CC1. The van der Waals surface area contributed by atoms with Crippen LogP contribution in [0.4, 0.5) is 5.82 Å². The van der Waals surface area contributed by atoms with Gasteiger partial charge in [-0.05, 0) is 37.1 Å². The van der Waals surface area contributed by atoms with Crippen LogP contribution in [0.15, 0.2) is 65.8 Å². The molecule has 3 aromatic rings. The molecule has 1 aromatic heterocycles. The largest absolute Gasteiger partial charge is 0.354 e. The molecule has 1 amide bonds. The summed E-state index contributed by atoms with van der Waals surface area (Å²) in [5.74, 6) is 1.72. The van der Waals surface area contributed by atoms with Crippen molar-refractivity contribution in [3.8, 4) is 11.3 Å². The van der Waals surface area contributed by atoms with Gasteiger partial charge in [-0.2, -0.15) is 0 Å². The molecule has 1 N–H and O–H groups in total. The number of carbonyl (C=O) groups is 1. The van der Waals surface area contributed by atoms with Crippen LogP contribution in [0.5, 0.6) is 0 Å². The maximum Gasteiger partial charge on any atom is 0.251 e. The van der Waals surface area contributed by atoms with Crippen LogP contribution in [0.25, 0.3) is 11.3 Å². The van der Waals surface area contributed by atoms with E-state index in [9.17, 15) is 4.79 Å². The molecule has 6 nitrogen and oxygen atoms in total. The van der Waals surface area contributed by atoms with Crippen LogP contribution in [0.3, 0.4) is 0 Å². The summed E-state index contributed by atoms with van der Waals surface area (Å²) in [6.45, 7) is 7.36. The van der Waals surface area contributed by atoms with Gasteiger partial charge in [0.05, 0.1) is 5.69 Å². The molecule has 0 radical (unpaired) electrons. The number of likely N-dealkylation sites (N-methyl/N-ethyl adjacent to an activating group) is 1. The number of nitrogens with one attached hydrogen (secondary N) is 1. The highest BCUT2D eigenvalue weighted by Gasteiger charge is 2.24. The Morgan fingerprint density at radius 3 is 2.53 bits per heavy atom. The van der Waals surface area contributed by atoms with Crippen molar-refractivity contribution in [3.05, 3.63) is 71.8 Å². The quantitative estimate of drug-likeness (QED) is 0.385. The van der Waals surface area contributed by atoms with Gasteiger partial charge in [0.1, 0.15) is 5.82 Å². The fourth-order valence-electron chi connectivity index (χ4n) is 4.14. The van der Waals surface area contributed by atoms with E-state index in [2.05, 4.69) is 46.3 Å². The van der Waals surface area contributed by atoms with E-state index in [0.717, 1.165) is 78.9 Å². The van der Waals surface area contributed by atoms with E-state index < -0.39 is 0 Å². The number of thioether (sulfide) groups is 1. The second-order valence-electron chi connectivity index (χ2n) is 8.92. The number of nitrogens with zero attached hydrogens (tertiary/aromatic N) is 4. The smallest absolute Gasteiger partial charge is 0.251 e. The average Bonchev–Trinajstić information content (AvgIpc) is 3.72. The Morgan fingerprint density at radius 1 is 1.00 bits per heavy atom. The lowest BCUT2D eigenvalue weighted by Crippen LogP contribution is -2.46. The minimum absolute atomic E-state index is 0.0187. The first-order valence-corrected chi connectivity index (χ1v) is 13.1. The van der Waals surface area contributed by atoms with Crippen molar-refractivity contribution in [1.29, 1.82) is 0 Å². The molecule has 0 atom stereocenters. The van der Waals surface area contributed by atoms with Gasteiger partial charge in [0, 0.05) is 55.2 Å². The second-order valence-corrected chi connectivity index (χ2v) is 9.86. The number of benzene rings is 2. The Kier molecular flexibility index (Phi) is 7.11. The van der Waals surface area contributed by atoms with E-state index in [4.69, 9.17) is 9.97 Å². The van der Waals surface area contributed by atoms with Crippen LogP contribution < -0.4 is 10.2 Å². The molecule has 0 bridgehead atoms.